The van der Waals surface area contributed by atoms with E-state index >= 15 is 0 Å². The summed E-state index contributed by atoms with van der Waals surface area (Å²) < 4.78 is 40.1. The number of methoxy groups -OCH3 is 3. The highest BCUT2D eigenvalue weighted by Gasteiger charge is 2.36. The van der Waals surface area contributed by atoms with Gasteiger partial charge in [-0.05, 0) is 168 Å². The molecule has 1 unspecified atom stereocenters. The van der Waals surface area contributed by atoms with E-state index in [4.69, 9.17) is 33.9 Å². The number of nitrogens with one attached hydrogen (secondary N) is 2. The highest BCUT2D eigenvalue weighted by molar-refractivity contribution is 7.12. The molecule has 5 aliphatic heterocycles. The number of esters is 3. The number of aromatic nitrogens is 2. The molecule has 0 bridgehead atoms. The number of aliphatic hydroxyl groups is 1. The van der Waals surface area contributed by atoms with Crippen molar-refractivity contribution in [3.63, 3.8) is 0 Å². The maximum absolute atomic E-state index is 12.1. The molecular weight excluding hydrogens is 1460 g/mol. The summed E-state index contributed by atoms with van der Waals surface area (Å²) in [6.45, 7) is 32.6. The van der Waals surface area contributed by atoms with Crippen molar-refractivity contribution < 1.29 is 116 Å². The number of Topliss-reactive ketones (excluding diaryl/α,β-unsaturated/α-hetero) is 1. The lowest BCUT2D eigenvalue weighted by Gasteiger charge is -2.33. The number of carboxylic acid groups (broad SMARTS) is 2. The number of carbonyl (C=O) groups excluding carboxylic acids is 11. The van der Waals surface area contributed by atoms with Gasteiger partial charge in [0.1, 0.15) is 34.4 Å². The third kappa shape index (κ3) is 38.6. The van der Waals surface area contributed by atoms with Crippen LogP contribution in [0.1, 0.15) is 213 Å². The second-order valence-electron chi connectivity index (χ2n) is 31.9. The molecule has 0 spiro atoms. The van der Waals surface area contributed by atoms with Gasteiger partial charge in [-0.2, -0.15) is 0 Å². The van der Waals surface area contributed by atoms with Crippen molar-refractivity contribution in [2.24, 2.45) is 17.8 Å². The number of carbonyl (C=O) groups is 13. The normalized spacial score (nSPS) is 16.7. The minimum Gasteiger partial charge on any atom is -0.481 e. The number of hydrogen-bond acceptors (Lipinski definition) is 26. The largest absolute Gasteiger partial charge is 0.481 e. The lowest BCUT2D eigenvalue weighted by atomic mass is 9.96. The van der Waals surface area contributed by atoms with Crippen LogP contribution in [0.5, 0.6) is 0 Å². The number of ketones is 1. The highest BCUT2D eigenvalue weighted by Crippen LogP contribution is 2.34. The molecule has 7 rings (SSSR count). The van der Waals surface area contributed by atoms with E-state index in [0.717, 1.165) is 45.5 Å². The standard InChI is InChI=1S/C16H28N2O6.C16H26N2O6.C16H24N2O4S.C15H22N2O4S.C11H19NO4/c2*1-16(2,3)24-15(22)18-7-5-11(6-8-18)14(21)17-10-12(19)9-13(20)23-4;1-16(2,3)22-15(20)18-7-5-11(6-8-18)14-17-10-12(23-14)9-13(19)21-4;1-15(2,3)21-14(20)17-6-4-10(5-7-17)13-16-9-11(22-13)8-12(18)19;1-11(2,3)16-10(15)12-6-4-8(5-7-12)9(13)14/h11-12,19H,5-10H2,1-4H3,(H,17,21);11H,5-10H2,1-4H3,(H,17,21);10-11H,5-9H2,1-4H3;9-10H,4-8H2,1-3H3,(H,18,19);8H,4-7H2,1-3H3,(H,13,14). The molecule has 2 aromatic rings. The number of amides is 7. The first-order chi connectivity index (χ1) is 50.6. The zero-order chi connectivity index (χ0) is 82.4. The number of aliphatic hydroxyl groups excluding tert-OH is 1. The van der Waals surface area contributed by atoms with Gasteiger partial charge in [-0.25, -0.2) is 33.9 Å². The van der Waals surface area contributed by atoms with E-state index in [0.29, 0.717) is 116 Å². The smallest absolute Gasteiger partial charge is 0.410 e. The van der Waals surface area contributed by atoms with Crippen molar-refractivity contribution in [1.29, 1.82) is 0 Å². The zero-order valence-electron chi connectivity index (χ0n) is 66.9. The van der Waals surface area contributed by atoms with Crippen molar-refractivity contribution in [3.8, 4) is 0 Å². The number of rotatable bonds is 17. The van der Waals surface area contributed by atoms with Crippen LogP contribution in [-0.4, -0.2) is 262 Å². The van der Waals surface area contributed by atoms with Crippen molar-refractivity contribution in [2.45, 2.75) is 240 Å². The lowest BCUT2D eigenvalue weighted by Crippen LogP contribution is -2.45. The molecule has 1 atom stereocenters. The maximum atomic E-state index is 12.1. The summed E-state index contributed by atoms with van der Waals surface area (Å²) in [5, 5.41) is 34.4. The molecule has 2 aromatic heterocycles. The molecule has 109 heavy (non-hydrogen) atoms. The first-order valence-electron chi connectivity index (χ1n) is 36.8. The second-order valence-corrected chi connectivity index (χ2v) is 34.2. The molecule has 5 saturated heterocycles. The Morgan fingerprint density at radius 2 is 0.725 bits per heavy atom. The molecule has 5 N–H and O–H groups in total. The van der Waals surface area contributed by atoms with Gasteiger partial charge in [-0.3, -0.25) is 38.4 Å². The van der Waals surface area contributed by atoms with Gasteiger partial charge >= 0.3 is 60.3 Å². The Bertz CT molecular complexity index is 3310. The van der Waals surface area contributed by atoms with E-state index in [1.165, 1.54) is 32.7 Å². The maximum Gasteiger partial charge on any atom is 0.410 e. The Balaban J connectivity index is 0.000000355. The summed E-state index contributed by atoms with van der Waals surface area (Å²) >= 11 is 3.02. The number of carboxylic acids is 2. The number of hydrogen-bond donors (Lipinski definition) is 5. The molecule has 5 fully saturated rings. The summed E-state index contributed by atoms with van der Waals surface area (Å²) in [7, 11) is 3.83. The predicted molar refractivity (Wildman–Crippen MR) is 400 cm³/mol. The SMILES string of the molecule is CC(C)(C)OC(=O)N1CCC(C(=O)O)CC1.CC(C)(C)OC(=O)N1CCC(c2ncc(CC(=O)O)s2)CC1.COC(=O)CC(=O)CNC(=O)C1CCN(C(=O)OC(C)(C)C)CC1.COC(=O)CC(O)CNC(=O)C1CCN(C(=O)OC(C)(C)C)CC1.COC(=O)Cc1cnc(C2CCN(C(=O)OC(C)(C)C)CC2)s1. The second kappa shape index (κ2) is 44.4. The monoisotopic (exact) mass is 1580 g/mol. The molecule has 616 valence electrons. The van der Waals surface area contributed by atoms with E-state index in [1.807, 2.05) is 83.1 Å². The van der Waals surface area contributed by atoms with Crippen molar-refractivity contribution in [3.05, 3.63) is 32.2 Å². The summed E-state index contributed by atoms with van der Waals surface area (Å²) in [6, 6.07) is 0. The average molecular weight is 1580 g/mol. The number of thiazole rings is 2. The van der Waals surface area contributed by atoms with Gasteiger partial charge in [0.05, 0.1) is 69.2 Å². The van der Waals surface area contributed by atoms with Crippen LogP contribution in [0, 0.1) is 17.8 Å². The van der Waals surface area contributed by atoms with Gasteiger partial charge in [0.2, 0.25) is 11.8 Å². The fraction of sp³-hybridized carbons (Fsp3) is 0.743. The number of aliphatic carboxylic acids is 2. The summed E-state index contributed by atoms with van der Waals surface area (Å²) in [5.74, 6) is -3.99. The van der Waals surface area contributed by atoms with E-state index in [2.05, 4.69) is 34.8 Å². The van der Waals surface area contributed by atoms with Gasteiger partial charge < -0.3 is 88.3 Å². The molecule has 0 radical (unpaired) electrons. The number of nitrogens with zero attached hydrogens (tertiary/aromatic N) is 7. The van der Waals surface area contributed by atoms with Gasteiger partial charge in [-0.15, -0.1) is 22.7 Å². The minimum atomic E-state index is -0.969. The summed E-state index contributed by atoms with van der Waals surface area (Å²) in [6.07, 6.45) is 7.11. The van der Waals surface area contributed by atoms with Crippen LogP contribution in [0.4, 0.5) is 24.0 Å². The molecule has 33 nitrogen and oxygen atoms in total. The van der Waals surface area contributed by atoms with Crippen molar-refractivity contribution >= 4 is 101 Å². The molecule has 7 heterocycles. The van der Waals surface area contributed by atoms with Gasteiger partial charge in [0.15, 0.2) is 5.78 Å². The van der Waals surface area contributed by atoms with E-state index < -0.39 is 63.8 Å². The van der Waals surface area contributed by atoms with Crippen LogP contribution in [0.2, 0.25) is 0 Å². The summed E-state index contributed by atoms with van der Waals surface area (Å²) in [5.41, 5.74) is -2.53. The Hall–Kier alpha value is -8.47. The molecule has 5 aliphatic rings. The van der Waals surface area contributed by atoms with Gasteiger partial charge in [0, 0.05) is 118 Å². The first-order valence-corrected chi connectivity index (χ1v) is 38.4. The number of likely N-dealkylation sites (tertiary alicyclic amines) is 5. The fourth-order valence-corrected chi connectivity index (χ4v) is 13.2. The molecule has 7 amide bonds. The molecule has 0 saturated carbocycles. The first kappa shape index (κ1) is 94.7. The van der Waals surface area contributed by atoms with Crippen LogP contribution in [-0.2, 0) is 89.1 Å². The van der Waals surface area contributed by atoms with Crippen molar-refractivity contribution in [1.82, 2.24) is 45.1 Å². The lowest BCUT2D eigenvalue weighted by molar-refractivity contribution is -0.144. The van der Waals surface area contributed by atoms with E-state index in [-0.39, 0.29) is 105 Å². The Kier molecular flexibility index (Phi) is 38.6. The molecule has 35 heteroatoms. The Morgan fingerprint density at radius 1 is 0.431 bits per heavy atom. The third-order valence-corrected chi connectivity index (χ3v) is 19.0. The van der Waals surface area contributed by atoms with Crippen LogP contribution in [0.25, 0.3) is 0 Å². The summed E-state index contributed by atoms with van der Waals surface area (Å²) in [4.78, 5) is 169. The molecule has 0 aromatic carbocycles. The Labute approximate surface area is 647 Å². The van der Waals surface area contributed by atoms with Crippen LogP contribution in [0.15, 0.2) is 12.4 Å². The zero-order valence-corrected chi connectivity index (χ0v) is 68.5. The van der Waals surface area contributed by atoms with Crippen LogP contribution < -0.4 is 10.6 Å². The average Bonchev–Trinajstić information content (AvgIpc) is 1.83. The van der Waals surface area contributed by atoms with Crippen molar-refractivity contribution in [2.75, 3.05) is 99.9 Å². The van der Waals surface area contributed by atoms with Gasteiger partial charge in [-0.1, -0.05) is 0 Å². The third-order valence-electron chi connectivity index (χ3n) is 16.7. The number of piperidine rings is 5. The topological polar surface area (TPSA) is 422 Å². The molecular formula is C74H119N9O24S2. The number of ether oxygens (including phenoxy) is 8. The fourth-order valence-electron chi connectivity index (χ4n) is 11.1. The quantitative estimate of drug-likeness (QED) is 0.0559. The van der Waals surface area contributed by atoms with E-state index in [9.17, 15) is 67.4 Å². The van der Waals surface area contributed by atoms with Crippen LogP contribution >= 0.6 is 22.7 Å². The van der Waals surface area contributed by atoms with Crippen LogP contribution in [0.3, 0.4) is 0 Å². The molecule has 0 aliphatic carbocycles. The Morgan fingerprint density at radius 3 is 1.02 bits per heavy atom. The highest BCUT2D eigenvalue weighted by atomic mass is 32.1. The minimum absolute atomic E-state index is 0.000212. The van der Waals surface area contributed by atoms with E-state index in [1.54, 1.807) is 69.0 Å². The van der Waals surface area contributed by atoms with Gasteiger partial charge in [0.25, 0.3) is 0 Å². The predicted octanol–water partition coefficient (Wildman–Crippen LogP) is 9.13.